The summed E-state index contributed by atoms with van der Waals surface area (Å²) < 4.78 is 0. The minimum atomic E-state index is -0.922. The highest BCUT2D eigenvalue weighted by Gasteiger charge is 2.18. The number of carboxylic acids is 1. The van der Waals surface area contributed by atoms with Crippen molar-refractivity contribution in [3.8, 4) is 0 Å². The van der Waals surface area contributed by atoms with E-state index in [1.807, 2.05) is 13.8 Å². The number of carbonyl (C=O) groups is 2. The van der Waals surface area contributed by atoms with E-state index in [2.05, 4.69) is 15.3 Å². The van der Waals surface area contributed by atoms with Crippen molar-refractivity contribution in [2.45, 2.75) is 40.0 Å². The van der Waals surface area contributed by atoms with Crippen LogP contribution in [0.3, 0.4) is 0 Å². The highest BCUT2D eigenvalue weighted by atomic mass is 16.4. The zero-order chi connectivity index (χ0) is 16.2. The van der Waals surface area contributed by atoms with E-state index in [1.165, 1.54) is 0 Å². The molecule has 0 saturated heterocycles. The summed E-state index contributed by atoms with van der Waals surface area (Å²) >= 11 is 0. The second-order valence-electron chi connectivity index (χ2n) is 5.48. The molecule has 1 aromatic heterocycles. The van der Waals surface area contributed by atoms with Gasteiger partial charge >= 0.3 is 5.97 Å². The number of carboxylic acid groups (broad SMARTS) is 1. The molecule has 1 amide bonds. The minimum absolute atomic E-state index is 0.0260. The smallest absolute Gasteiger partial charge is 0.303 e. The van der Waals surface area contributed by atoms with E-state index in [1.54, 1.807) is 13.8 Å². The van der Waals surface area contributed by atoms with E-state index in [4.69, 9.17) is 5.11 Å². The van der Waals surface area contributed by atoms with Gasteiger partial charge in [0.1, 0.15) is 11.4 Å². The number of rotatable bonds is 6. The van der Waals surface area contributed by atoms with Crippen molar-refractivity contribution in [1.82, 2.24) is 15.3 Å². The van der Waals surface area contributed by atoms with Crippen LogP contribution in [-0.4, -0.2) is 33.5 Å². The molecule has 0 bridgehead atoms. The van der Waals surface area contributed by atoms with Crippen LogP contribution in [0.5, 0.6) is 0 Å². The largest absolute Gasteiger partial charge is 0.481 e. The second kappa shape index (κ2) is 7.01. The summed E-state index contributed by atoms with van der Waals surface area (Å²) in [5.74, 6) is -1.08. The number of nitrogens with zero attached hydrogens (tertiary/aromatic N) is 1. The molecule has 0 aliphatic carbocycles. The maximum absolute atomic E-state index is 12.0. The van der Waals surface area contributed by atoms with E-state index in [9.17, 15) is 14.4 Å². The number of nitrogens with one attached hydrogen (secondary N) is 2. The Morgan fingerprint density at radius 3 is 2.43 bits per heavy atom. The predicted molar refractivity (Wildman–Crippen MR) is 77.4 cm³/mol. The molecule has 7 heteroatoms. The zero-order valence-electron chi connectivity index (χ0n) is 12.7. The van der Waals surface area contributed by atoms with Crippen LogP contribution in [0, 0.1) is 12.8 Å². The van der Waals surface area contributed by atoms with Crippen molar-refractivity contribution in [1.29, 1.82) is 0 Å². The second-order valence-corrected chi connectivity index (χ2v) is 5.48. The zero-order valence-corrected chi connectivity index (χ0v) is 12.7. The third-order valence-electron chi connectivity index (χ3n) is 3.03. The first-order valence-corrected chi connectivity index (χ1v) is 6.83. The lowest BCUT2D eigenvalue weighted by atomic mass is 10.1. The molecule has 0 fully saturated rings. The van der Waals surface area contributed by atoms with Crippen LogP contribution in [0.25, 0.3) is 0 Å². The van der Waals surface area contributed by atoms with Crippen LogP contribution in [0.2, 0.25) is 0 Å². The Hall–Kier alpha value is -2.18. The summed E-state index contributed by atoms with van der Waals surface area (Å²) in [5.41, 5.74) is -0.137. The molecule has 0 spiro atoms. The summed E-state index contributed by atoms with van der Waals surface area (Å²) in [6.07, 6.45) is -0.0415. The molecule has 1 aromatic rings. The van der Waals surface area contributed by atoms with Gasteiger partial charge in [0.25, 0.3) is 11.5 Å². The van der Waals surface area contributed by atoms with Gasteiger partial charge in [-0.1, -0.05) is 20.8 Å². The predicted octanol–water partition coefficient (Wildman–Crippen LogP) is 1.04. The van der Waals surface area contributed by atoms with Crippen molar-refractivity contribution in [3.63, 3.8) is 0 Å². The monoisotopic (exact) mass is 295 g/mol. The Labute approximate surface area is 122 Å². The Kier molecular flexibility index (Phi) is 5.63. The molecule has 0 aromatic carbocycles. The summed E-state index contributed by atoms with van der Waals surface area (Å²) in [4.78, 5) is 41.4. The van der Waals surface area contributed by atoms with Gasteiger partial charge in [-0.2, -0.15) is 0 Å². The van der Waals surface area contributed by atoms with Crippen molar-refractivity contribution in [2.75, 3.05) is 6.54 Å². The van der Waals surface area contributed by atoms with Gasteiger partial charge in [0.15, 0.2) is 0 Å². The van der Waals surface area contributed by atoms with Crippen molar-refractivity contribution >= 4 is 11.9 Å². The number of H-pyrrole nitrogens is 1. The number of hydrogen-bond donors (Lipinski definition) is 3. The number of carbonyl (C=O) groups excluding carboxylic acids is 1. The van der Waals surface area contributed by atoms with Crippen molar-refractivity contribution in [2.24, 2.45) is 5.92 Å². The molecule has 1 unspecified atom stereocenters. The topological polar surface area (TPSA) is 112 Å². The molecule has 3 N–H and O–H groups in total. The lowest BCUT2D eigenvalue weighted by Gasteiger charge is -2.12. The quantitative estimate of drug-likeness (QED) is 0.726. The average Bonchev–Trinajstić information content (AvgIpc) is 2.34. The number of aliphatic carboxylic acids is 1. The molecule has 21 heavy (non-hydrogen) atoms. The first-order chi connectivity index (χ1) is 9.72. The Bertz CT molecular complexity index is 592. The Morgan fingerprint density at radius 2 is 1.95 bits per heavy atom. The number of aryl methyl sites for hydroxylation is 1. The van der Waals surface area contributed by atoms with E-state index >= 15 is 0 Å². The number of amides is 1. The minimum Gasteiger partial charge on any atom is -0.481 e. The molecule has 0 aliphatic rings. The SMILES string of the molecule is Cc1nc(C(C)C)[nH]c(=O)c1C(=O)NCC(C)CC(=O)O. The van der Waals surface area contributed by atoms with Gasteiger partial charge in [0.2, 0.25) is 0 Å². The van der Waals surface area contributed by atoms with Crippen molar-refractivity contribution in [3.05, 3.63) is 27.4 Å². The first kappa shape index (κ1) is 16.9. The Balaban J connectivity index is 2.84. The summed E-state index contributed by atoms with van der Waals surface area (Å²) in [6.45, 7) is 7.30. The third kappa shape index (κ3) is 4.70. The first-order valence-electron chi connectivity index (χ1n) is 6.83. The number of aromatic amines is 1. The summed E-state index contributed by atoms with van der Waals surface area (Å²) in [5, 5.41) is 11.2. The maximum atomic E-state index is 12.0. The van der Waals surface area contributed by atoms with Gasteiger partial charge in [-0.25, -0.2) is 4.98 Å². The average molecular weight is 295 g/mol. The van der Waals surface area contributed by atoms with Crippen LogP contribution in [0.1, 0.15) is 55.0 Å². The molecule has 0 aliphatic heterocycles. The fourth-order valence-electron chi connectivity index (χ4n) is 1.87. The van der Waals surface area contributed by atoms with Crippen LogP contribution >= 0.6 is 0 Å². The molecule has 0 saturated carbocycles. The molecular formula is C14H21N3O4. The van der Waals surface area contributed by atoms with Gasteiger partial charge in [-0.05, 0) is 12.8 Å². The fourth-order valence-corrected chi connectivity index (χ4v) is 1.87. The van der Waals surface area contributed by atoms with Gasteiger partial charge in [-0.15, -0.1) is 0 Å². The van der Waals surface area contributed by atoms with Gasteiger partial charge < -0.3 is 15.4 Å². The fraction of sp³-hybridized carbons (Fsp3) is 0.571. The van der Waals surface area contributed by atoms with Gasteiger partial charge in [0, 0.05) is 18.9 Å². The van der Waals surface area contributed by atoms with Crippen LogP contribution in [0.4, 0.5) is 0 Å². The van der Waals surface area contributed by atoms with Gasteiger partial charge in [-0.3, -0.25) is 14.4 Å². The number of aromatic nitrogens is 2. The van der Waals surface area contributed by atoms with Crippen LogP contribution in [0.15, 0.2) is 4.79 Å². The molecular weight excluding hydrogens is 274 g/mol. The molecule has 1 rings (SSSR count). The third-order valence-corrected chi connectivity index (χ3v) is 3.03. The number of hydrogen-bond acceptors (Lipinski definition) is 4. The maximum Gasteiger partial charge on any atom is 0.303 e. The molecule has 1 atom stereocenters. The highest BCUT2D eigenvalue weighted by Crippen LogP contribution is 2.09. The lowest BCUT2D eigenvalue weighted by molar-refractivity contribution is -0.137. The van der Waals surface area contributed by atoms with Crippen LogP contribution in [-0.2, 0) is 4.79 Å². The normalized spacial score (nSPS) is 12.2. The summed E-state index contributed by atoms with van der Waals surface area (Å²) in [6, 6.07) is 0. The van der Waals surface area contributed by atoms with Crippen LogP contribution < -0.4 is 10.9 Å². The summed E-state index contributed by atoms with van der Waals surface area (Å²) in [7, 11) is 0. The van der Waals surface area contributed by atoms with E-state index in [-0.39, 0.29) is 30.4 Å². The van der Waals surface area contributed by atoms with Crippen molar-refractivity contribution < 1.29 is 14.7 Å². The Morgan fingerprint density at radius 1 is 1.33 bits per heavy atom. The molecule has 7 nitrogen and oxygen atoms in total. The van der Waals surface area contributed by atoms with Gasteiger partial charge in [0.05, 0.1) is 5.69 Å². The highest BCUT2D eigenvalue weighted by molar-refractivity contribution is 5.94. The van der Waals surface area contributed by atoms with E-state index in [0.29, 0.717) is 11.5 Å². The lowest BCUT2D eigenvalue weighted by Crippen LogP contribution is -2.35. The van der Waals surface area contributed by atoms with E-state index in [0.717, 1.165) is 0 Å². The standard InChI is InChI=1S/C14H21N3O4/c1-7(2)12-16-9(4)11(14(21)17-12)13(20)15-6-8(3)5-10(18)19/h7-8H,5-6H2,1-4H3,(H,15,20)(H,18,19)(H,16,17,21). The molecule has 116 valence electrons. The molecule has 0 radical (unpaired) electrons. The van der Waals surface area contributed by atoms with E-state index < -0.39 is 17.4 Å². The molecule has 1 heterocycles.